The normalized spacial score (nSPS) is 26.6. The molecule has 4 rings (SSSR count). The molecule has 4 atom stereocenters. The predicted octanol–water partition coefficient (Wildman–Crippen LogP) is 1.09. The van der Waals surface area contributed by atoms with Crippen LogP contribution in [0.1, 0.15) is 37.0 Å². The van der Waals surface area contributed by atoms with Gasteiger partial charge in [-0.1, -0.05) is 11.6 Å². The van der Waals surface area contributed by atoms with E-state index in [0.29, 0.717) is 17.7 Å². The number of aliphatic hydroxyl groups excluding tert-OH is 2. The van der Waals surface area contributed by atoms with Crippen molar-refractivity contribution >= 4 is 28.9 Å². The monoisotopic (exact) mass is 554 g/mol. The van der Waals surface area contributed by atoms with Gasteiger partial charge in [-0.3, -0.25) is 19.3 Å². The van der Waals surface area contributed by atoms with E-state index in [0.717, 1.165) is 11.3 Å². The molecule has 0 radical (unpaired) electrons. The fourth-order valence-corrected chi connectivity index (χ4v) is 6.38. The van der Waals surface area contributed by atoms with Gasteiger partial charge < -0.3 is 36.4 Å². The number of carbonyl (C=O) groups excluding carboxylic acids is 3. The number of carbonyl (C=O) groups is 3. The zero-order valence-corrected chi connectivity index (χ0v) is 23.7. The molecule has 7 N–H and O–H groups in total. The maximum absolute atomic E-state index is 14.0. The Morgan fingerprint density at radius 3 is 2.40 bits per heavy atom. The van der Waals surface area contributed by atoms with Gasteiger partial charge in [-0.05, 0) is 58.3 Å². The van der Waals surface area contributed by atoms with Crippen LogP contribution in [0.4, 0.5) is 5.69 Å². The number of hydrogen-bond donors (Lipinski definition) is 6. The summed E-state index contributed by atoms with van der Waals surface area (Å²) in [6.45, 7) is 4.78. The zero-order chi connectivity index (χ0) is 29.8. The second-order valence-corrected chi connectivity index (χ2v) is 11.4. The molecule has 3 aliphatic carbocycles. The van der Waals surface area contributed by atoms with Crippen molar-refractivity contribution in [1.82, 2.24) is 10.2 Å². The molecule has 1 saturated carbocycles. The van der Waals surface area contributed by atoms with E-state index in [1.165, 1.54) is 4.90 Å². The van der Waals surface area contributed by atoms with Gasteiger partial charge >= 0.3 is 0 Å². The highest BCUT2D eigenvalue weighted by Gasteiger charge is 2.64. The van der Waals surface area contributed by atoms with Crippen LogP contribution in [-0.2, 0) is 27.3 Å². The molecule has 11 nitrogen and oxygen atoms in total. The number of phenols is 1. The topological polar surface area (TPSA) is 177 Å². The first-order valence-corrected chi connectivity index (χ1v) is 13.2. The Morgan fingerprint density at radius 1 is 1.20 bits per heavy atom. The minimum Gasteiger partial charge on any atom is -0.508 e. The molecule has 1 amide bonds. The van der Waals surface area contributed by atoms with Crippen LogP contribution in [0.25, 0.3) is 5.76 Å². The number of allylic oxidation sites excluding steroid dienone is 1. The number of primary amides is 1. The molecule has 3 aliphatic rings. The summed E-state index contributed by atoms with van der Waals surface area (Å²) in [5.74, 6) is -6.58. The third-order valence-corrected chi connectivity index (χ3v) is 8.47. The smallest absolute Gasteiger partial charge is 0.255 e. The molecular formula is C29H38N4O7. The van der Waals surface area contributed by atoms with Crippen LogP contribution in [-0.4, -0.2) is 89.2 Å². The summed E-state index contributed by atoms with van der Waals surface area (Å²) in [6, 6.07) is 0.722. The molecule has 0 spiro atoms. The molecule has 1 aromatic carbocycles. The minimum atomic E-state index is -2.66. The highest BCUT2D eigenvalue weighted by Crippen LogP contribution is 2.54. The van der Waals surface area contributed by atoms with Gasteiger partial charge in [0.05, 0.1) is 11.6 Å². The lowest BCUT2D eigenvalue weighted by Gasteiger charge is -2.50. The average molecular weight is 555 g/mol. The Kier molecular flexibility index (Phi) is 7.61. The van der Waals surface area contributed by atoms with Gasteiger partial charge in [0.15, 0.2) is 11.4 Å². The van der Waals surface area contributed by atoms with E-state index in [2.05, 4.69) is 5.32 Å². The number of fused-ring (bicyclic) bond motifs is 3. The minimum absolute atomic E-state index is 0.0470. The molecule has 0 aromatic heterocycles. The second-order valence-electron chi connectivity index (χ2n) is 11.4. The second kappa shape index (κ2) is 10.4. The summed E-state index contributed by atoms with van der Waals surface area (Å²) in [6.07, 6.45) is 2.26. The van der Waals surface area contributed by atoms with E-state index in [4.69, 9.17) is 5.73 Å². The van der Waals surface area contributed by atoms with Crippen LogP contribution in [0.2, 0.25) is 0 Å². The average Bonchev–Trinajstić information content (AvgIpc) is 2.86. The van der Waals surface area contributed by atoms with E-state index in [1.807, 2.05) is 45.0 Å². The maximum atomic E-state index is 14.0. The van der Waals surface area contributed by atoms with Crippen LogP contribution in [0.3, 0.4) is 0 Å². The highest BCUT2D eigenvalue weighted by molar-refractivity contribution is 6.24. The molecule has 0 bridgehead atoms. The lowest BCUT2D eigenvalue weighted by Crippen LogP contribution is -2.65. The van der Waals surface area contributed by atoms with Crippen LogP contribution >= 0.6 is 0 Å². The van der Waals surface area contributed by atoms with E-state index in [1.54, 1.807) is 14.1 Å². The van der Waals surface area contributed by atoms with Gasteiger partial charge in [-0.25, -0.2) is 0 Å². The summed E-state index contributed by atoms with van der Waals surface area (Å²) in [7, 11) is 6.82. The number of nitrogens with one attached hydrogen (secondary N) is 1. The van der Waals surface area contributed by atoms with Crippen molar-refractivity contribution in [2.24, 2.45) is 17.6 Å². The number of hydrogen-bond acceptors (Lipinski definition) is 10. The maximum Gasteiger partial charge on any atom is 0.255 e. The molecule has 11 heteroatoms. The van der Waals surface area contributed by atoms with E-state index in [9.17, 15) is 34.8 Å². The lowest BCUT2D eigenvalue weighted by atomic mass is 9.57. The van der Waals surface area contributed by atoms with Crippen molar-refractivity contribution < 1.29 is 34.8 Å². The number of aromatic hydroxyl groups is 1. The van der Waals surface area contributed by atoms with Crippen LogP contribution in [0.5, 0.6) is 5.75 Å². The van der Waals surface area contributed by atoms with Gasteiger partial charge in [-0.2, -0.15) is 0 Å². The van der Waals surface area contributed by atoms with Crippen molar-refractivity contribution in [2.45, 2.75) is 44.9 Å². The molecule has 0 aliphatic heterocycles. The van der Waals surface area contributed by atoms with Crippen molar-refractivity contribution in [3.8, 4) is 5.75 Å². The SMILES string of the molecule is C/C=C(/C)CNCc1cc(N(C)C)c2c(c1O)C(O)=C1C(=O)[C@]3(O)C(O)=C(C(N)=O)C(=O)[C@@H](N(C)C)[C@@H]3C[C@@H]1C2. The van der Waals surface area contributed by atoms with Gasteiger partial charge in [-0.15, -0.1) is 0 Å². The molecule has 40 heavy (non-hydrogen) atoms. The number of anilines is 1. The first-order chi connectivity index (χ1) is 18.7. The molecule has 1 aromatic rings. The molecule has 0 unspecified atom stereocenters. The first-order valence-electron chi connectivity index (χ1n) is 13.2. The van der Waals surface area contributed by atoms with Crippen molar-refractivity contribution in [2.75, 3.05) is 39.6 Å². The first kappa shape index (κ1) is 29.3. The van der Waals surface area contributed by atoms with Gasteiger partial charge in [0.2, 0.25) is 5.78 Å². The number of nitrogens with zero attached hydrogens (tertiary/aromatic N) is 2. The number of benzene rings is 1. The number of amides is 1. The molecule has 0 saturated heterocycles. The number of rotatable bonds is 7. The van der Waals surface area contributed by atoms with Crippen molar-refractivity contribution in [1.29, 1.82) is 0 Å². The quantitative estimate of drug-likeness (QED) is 0.211. The Morgan fingerprint density at radius 2 is 1.85 bits per heavy atom. The number of Topliss-reactive ketones (excluding diaryl/α,β-unsaturated/α-hetero) is 2. The summed E-state index contributed by atoms with van der Waals surface area (Å²) >= 11 is 0. The van der Waals surface area contributed by atoms with Crippen LogP contribution in [0.15, 0.2) is 34.6 Å². The van der Waals surface area contributed by atoms with Gasteiger partial charge in [0, 0.05) is 49.9 Å². The van der Waals surface area contributed by atoms with E-state index in [-0.39, 0.29) is 36.3 Å². The molecule has 1 fully saturated rings. The number of nitrogens with two attached hydrogens (primary N) is 1. The number of phenolic OH excluding ortho intramolecular Hbond substituents is 1. The fraction of sp³-hybridized carbons (Fsp3) is 0.483. The number of ketones is 2. The standard InChI is InChI=1S/C29H38N4O7/c1-7-13(2)11-31-12-15-10-18(32(3)4)16-8-14-9-17-22(33(5)6)25(36)21(28(30)39)27(38)29(17,40)26(37)19(14)24(35)20(16)23(15)34/h7,10,14,17,22,31,34-35,38,40H,8-9,11-12H2,1-6H3,(H2,30,39)/b13-7-/t14-,17-,22-,29-/m0/s1. The third kappa shape index (κ3) is 4.29. The van der Waals surface area contributed by atoms with Crippen molar-refractivity contribution in [3.05, 3.63) is 51.3 Å². The van der Waals surface area contributed by atoms with E-state index < -0.39 is 58.0 Å². The molecular weight excluding hydrogens is 516 g/mol. The lowest BCUT2D eigenvalue weighted by molar-refractivity contribution is -0.153. The van der Waals surface area contributed by atoms with Gasteiger partial charge in [0.1, 0.15) is 22.8 Å². The highest BCUT2D eigenvalue weighted by atomic mass is 16.3. The van der Waals surface area contributed by atoms with Crippen molar-refractivity contribution in [3.63, 3.8) is 0 Å². The van der Waals surface area contributed by atoms with Crippen LogP contribution < -0.4 is 16.0 Å². The molecule has 0 heterocycles. The largest absolute Gasteiger partial charge is 0.508 e. The zero-order valence-electron chi connectivity index (χ0n) is 23.7. The predicted molar refractivity (Wildman–Crippen MR) is 150 cm³/mol. The number of aliphatic hydroxyl groups is 3. The van der Waals surface area contributed by atoms with Gasteiger partial charge in [0.25, 0.3) is 5.91 Å². The fourth-order valence-electron chi connectivity index (χ4n) is 6.38. The summed E-state index contributed by atoms with van der Waals surface area (Å²) < 4.78 is 0. The summed E-state index contributed by atoms with van der Waals surface area (Å²) in [5.41, 5.74) is 4.80. The van der Waals surface area contributed by atoms with E-state index >= 15 is 0 Å². The third-order valence-electron chi connectivity index (χ3n) is 8.47. The Balaban J connectivity index is 1.91. The summed E-state index contributed by atoms with van der Waals surface area (Å²) in [5, 5.41) is 48.9. The summed E-state index contributed by atoms with van der Waals surface area (Å²) in [4.78, 5) is 42.7. The Hall–Kier alpha value is -3.67. The Labute approximate surface area is 233 Å². The Bertz CT molecular complexity index is 1390. The number of likely N-dealkylation sites (N-methyl/N-ethyl adjacent to an activating group) is 1. The molecule has 216 valence electrons. The van der Waals surface area contributed by atoms with Crippen LogP contribution in [0, 0.1) is 11.8 Å².